The summed E-state index contributed by atoms with van der Waals surface area (Å²) in [5.41, 5.74) is 5.83. The zero-order chi connectivity index (χ0) is 18.4. The lowest BCUT2D eigenvalue weighted by molar-refractivity contribution is 0.590. The Balaban J connectivity index is 2.07. The third-order valence-corrected chi connectivity index (χ3v) is 6.02. The molecule has 0 aliphatic rings. The number of benzene rings is 2. The highest BCUT2D eigenvalue weighted by atomic mass is 32.1. The summed E-state index contributed by atoms with van der Waals surface area (Å²) in [6, 6.07) is 18.3. The van der Waals surface area contributed by atoms with Gasteiger partial charge in [-0.25, -0.2) is 0 Å². The van der Waals surface area contributed by atoms with E-state index in [0.717, 1.165) is 0 Å². The van der Waals surface area contributed by atoms with E-state index in [2.05, 4.69) is 97.0 Å². The van der Waals surface area contributed by atoms with E-state index in [0.29, 0.717) is 0 Å². The smallest absolute Gasteiger partial charge is 0.0577 e. The van der Waals surface area contributed by atoms with Crippen molar-refractivity contribution in [2.75, 3.05) is 0 Å². The van der Waals surface area contributed by atoms with Crippen LogP contribution in [0, 0.1) is 6.92 Å². The Hall–Kier alpha value is -1.73. The Kier molecular flexibility index (Phi) is 4.49. The van der Waals surface area contributed by atoms with E-state index in [4.69, 9.17) is 0 Å². The molecule has 0 spiro atoms. The maximum Gasteiger partial charge on any atom is 0.239 e. The molecule has 0 saturated heterocycles. The van der Waals surface area contributed by atoms with E-state index in [1.54, 1.807) is 0 Å². The van der Waals surface area contributed by atoms with Crippen LogP contribution in [0.5, 0.6) is 0 Å². The van der Waals surface area contributed by atoms with Crippen molar-refractivity contribution in [2.45, 2.75) is 59.3 Å². The van der Waals surface area contributed by atoms with Crippen molar-refractivity contribution < 1.29 is 0 Å². The quantitative estimate of drug-likeness (QED) is 0.394. The van der Waals surface area contributed by atoms with Crippen molar-refractivity contribution in [1.82, 2.24) is 0 Å². The Labute approximate surface area is 156 Å². The van der Waals surface area contributed by atoms with Gasteiger partial charge in [-0.3, -0.25) is 0 Å². The molecule has 1 heteroatoms. The topological polar surface area (TPSA) is 0 Å². The fourth-order valence-electron chi connectivity index (χ4n) is 3.09. The monoisotopic (exact) mass is 349 g/mol. The van der Waals surface area contributed by atoms with Crippen LogP contribution in [0.15, 0.2) is 48.5 Å². The van der Waals surface area contributed by atoms with Gasteiger partial charge in [0.25, 0.3) is 0 Å². The molecular weight excluding hydrogens is 320 g/mol. The summed E-state index contributed by atoms with van der Waals surface area (Å²) in [6.07, 6.45) is 0. The lowest BCUT2D eigenvalue weighted by Crippen LogP contribution is -2.10. The van der Waals surface area contributed by atoms with Crippen molar-refractivity contribution in [2.24, 2.45) is 0 Å². The van der Waals surface area contributed by atoms with Crippen LogP contribution in [0.4, 0.5) is 0 Å². The average molecular weight is 350 g/mol. The highest BCUT2D eigenvalue weighted by Gasteiger charge is 2.20. The minimum Gasteiger partial charge on any atom is -0.0577 e. The number of hydrogen-bond donors (Lipinski definition) is 0. The fourth-order valence-corrected chi connectivity index (χ4v) is 4.29. The zero-order valence-corrected chi connectivity index (χ0v) is 17.3. The summed E-state index contributed by atoms with van der Waals surface area (Å²) >= 11 is 1.89. The van der Waals surface area contributed by atoms with Gasteiger partial charge in [-0.2, -0.15) is 0 Å². The molecule has 0 saturated carbocycles. The van der Waals surface area contributed by atoms with E-state index in [9.17, 15) is 0 Å². The largest absolute Gasteiger partial charge is 0.239 e. The number of rotatable bonds is 1. The average Bonchev–Trinajstić information content (AvgIpc) is 2.53. The van der Waals surface area contributed by atoms with Gasteiger partial charge >= 0.3 is 0 Å². The Morgan fingerprint density at radius 3 is 1.80 bits per heavy atom. The minimum absolute atomic E-state index is 0.187. The molecule has 3 aromatic rings. The van der Waals surface area contributed by atoms with Gasteiger partial charge in [-0.05, 0) is 52.6 Å². The molecule has 0 fully saturated rings. The van der Waals surface area contributed by atoms with Crippen LogP contribution >= 0.6 is 11.3 Å². The SMILES string of the molecule is Cc1cc(-c2ccc(C(C)(C)C)cc2)[s+]c2ccc(C(C)(C)C)cc12. The van der Waals surface area contributed by atoms with Gasteiger partial charge in [0.15, 0.2) is 0 Å². The van der Waals surface area contributed by atoms with E-state index >= 15 is 0 Å². The third-order valence-electron chi connectivity index (χ3n) is 4.87. The molecular formula is C24H29S+. The summed E-state index contributed by atoms with van der Waals surface area (Å²) < 4.78 is 1.36. The fraction of sp³-hybridized carbons (Fsp3) is 0.375. The summed E-state index contributed by atoms with van der Waals surface area (Å²) in [4.78, 5) is 1.34. The van der Waals surface area contributed by atoms with Crippen LogP contribution in [-0.4, -0.2) is 0 Å². The van der Waals surface area contributed by atoms with Crippen molar-refractivity contribution in [1.29, 1.82) is 0 Å². The third kappa shape index (κ3) is 3.77. The predicted molar refractivity (Wildman–Crippen MR) is 114 cm³/mol. The first-order valence-electron chi connectivity index (χ1n) is 9.04. The second kappa shape index (κ2) is 6.21. The van der Waals surface area contributed by atoms with Gasteiger partial charge in [0.05, 0.1) is 0 Å². The van der Waals surface area contributed by atoms with Crippen molar-refractivity contribution >= 4 is 21.4 Å². The van der Waals surface area contributed by atoms with Gasteiger partial charge in [-0.15, -0.1) is 0 Å². The molecule has 25 heavy (non-hydrogen) atoms. The Bertz CT molecular complexity index is 904. The number of aryl methyl sites for hydroxylation is 1. The Morgan fingerprint density at radius 1 is 0.680 bits per heavy atom. The molecule has 0 bridgehead atoms. The Morgan fingerprint density at radius 2 is 1.24 bits per heavy atom. The summed E-state index contributed by atoms with van der Waals surface area (Å²) in [6.45, 7) is 15.8. The zero-order valence-electron chi connectivity index (χ0n) is 16.5. The molecule has 0 nitrogen and oxygen atoms in total. The molecule has 3 rings (SSSR count). The summed E-state index contributed by atoms with van der Waals surface area (Å²) in [5.74, 6) is 0. The van der Waals surface area contributed by atoms with E-state index < -0.39 is 0 Å². The first kappa shape index (κ1) is 18.1. The molecule has 2 aromatic carbocycles. The van der Waals surface area contributed by atoms with Gasteiger partial charge < -0.3 is 0 Å². The molecule has 0 radical (unpaired) electrons. The van der Waals surface area contributed by atoms with Gasteiger partial charge in [0.2, 0.25) is 20.9 Å². The molecule has 0 unspecified atom stereocenters. The molecule has 1 aromatic heterocycles. The van der Waals surface area contributed by atoms with Gasteiger partial charge in [0, 0.05) is 23.1 Å². The number of hydrogen-bond acceptors (Lipinski definition) is 0. The lowest BCUT2D eigenvalue weighted by Gasteiger charge is -2.19. The van der Waals surface area contributed by atoms with Crippen molar-refractivity contribution in [3.63, 3.8) is 0 Å². The van der Waals surface area contributed by atoms with Crippen LogP contribution in [-0.2, 0) is 10.8 Å². The van der Waals surface area contributed by atoms with Crippen molar-refractivity contribution in [3.8, 4) is 10.4 Å². The summed E-state index contributed by atoms with van der Waals surface area (Å²) in [7, 11) is 0. The maximum absolute atomic E-state index is 2.37. The molecule has 0 N–H and O–H groups in total. The highest BCUT2D eigenvalue weighted by molar-refractivity contribution is 7.21. The van der Waals surface area contributed by atoms with Gasteiger partial charge in [-0.1, -0.05) is 59.7 Å². The molecule has 0 aliphatic heterocycles. The standard InChI is InChI=1S/C24H29S/c1-16-14-22(17-8-10-18(11-9-17)23(2,3)4)25-21-13-12-19(15-20(16)21)24(5,6)7/h8-15H,1-7H3/q+1. The maximum atomic E-state index is 2.37. The van der Waals surface area contributed by atoms with E-state index in [1.807, 2.05) is 11.3 Å². The predicted octanol–water partition coefficient (Wildman–Crippen LogP) is 7.75. The van der Waals surface area contributed by atoms with Crippen LogP contribution in [0.25, 0.3) is 20.5 Å². The minimum atomic E-state index is 0.187. The molecule has 0 atom stereocenters. The summed E-state index contributed by atoms with van der Waals surface area (Å²) in [5, 5.41) is 1.38. The normalized spacial score (nSPS) is 12.6. The number of fused-ring (bicyclic) bond motifs is 1. The molecule has 0 amide bonds. The van der Waals surface area contributed by atoms with E-state index in [-0.39, 0.29) is 10.8 Å². The first-order valence-corrected chi connectivity index (χ1v) is 9.86. The molecule has 1 heterocycles. The van der Waals surface area contributed by atoms with E-state index in [1.165, 1.54) is 37.2 Å². The first-order chi connectivity index (χ1) is 11.6. The molecule has 130 valence electrons. The second-order valence-electron chi connectivity index (χ2n) is 9.08. The highest BCUT2D eigenvalue weighted by Crippen LogP contribution is 2.36. The van der Waals surface area contributed by atoms with Crippen LogP contribution in [0.3, 0.4) is 0 Å². The molecule has 0 aliphatic carbocycles. The van der Waals surface area contributed by atoms with Crippen LogP contribution in [0.2, 0.25) is 0 Å². The van der Waals surface area contributed by atoms with Crippen LogP contribution in [0.1, 0.15) is 58.2 Å². The van der Waals surface area contributed by atoms with Gasteiger partial charge in [0.1, 0.15) is 0 Å². The van der Waals surface area contributed by atoms with Crippen molar-refractivity contribution in [3.05, 3.63) is 65.2 Å². The second-order valence-corrected chi connectivity index (χ2v) is 10.2. The lowest BCUT2D eigenvalue weighted by atomic mass is 9.86. The van der Waals surface area contributed by atoms with Crippen LogP contribution < -0.4 is 0 Å².